The molecule has 0 fully saturated rings. The molecule has 0 bridgehead atoms. The van der Waals surface area contributed by atoms with E-state index in [0.717, 1.165) is 28.0 Å². The molecule has 1 aromatic heterocycles. The SMILES string of the molecule is Cc1cccc(C(O)CNCc2csc([N+](=O)[O-])c2)c1. The molecule has 0 spiro atoms. The predicted molar refractivity (Wildman–Crippen MR) is 78.8 cm³/mol. The molecule has 2 rings (SSSR count). The summed E-state index contributed by atoms with van der Waals surface area (Å²) in [5.41, 5.74) is 2.84. The van der Waals surface area contributed by atoms with Crippen molar-refractivity contribution in [3.05, 3.63) is 62.5 Å². The Morgan fingerprint density at radius 1 is 1.45 bits per heavy atom. The van der Waals surface area contributed by atoms with Crippen LogP contribution in [0.2, 0.25) is 0 Å². The van der Waals surface area contributed by atoms with Gasteiger partial charge < -0.3 is 10.4 Å². The van der Waals surface area contributed by atoms with Gasteiger partial charge in [-0.1, -0.05) is 41.2 Å². The Kier molecular flexibility index (Phi) is 4.84. The molecule has 5 nitrogen and oxygen atoms in total. The van der Waals surface area contributed by atoms with Gasteiger partial charge in [-0.2, -0.15) is 0 Å². The van der Waals surface area contributed by atoms with Crippen molar-refractivity contribution in [3.63, 3.8) is 0 Å². The summed E-state index contributed by atoms with van der Waals surface area (Å²) < 4.78 is 0. The summed E-state index contributed by atoms with van der Waals surface area (Å²) >= 11 is 1.11. The molecule has 0 aliphatic carbocycles. The minimum atomic E-state index is -0.580. The highest BCUT2D eigenvalue weighted by Crippen LogP contribution is 2.22. The molecule has 0 aliphatic heterocycles. The van der Waals surface area contributed by atoms with E-state index in [1.807, 2.05) is 31.2 Å². The molecule has 1 heterocycles. The summed E-state index contributed by atoms with van der Waals surface area (Å²) in [5, 5.41) is 25.6. The molecule has 1 aromatic carbocycles. The topological polar surface area (TPSA) is 75.4 Å². The van der Waals surface area contributed by atoms with E-state index < -0.39 is 11.0 Å². The van der Waals surface area contributed by atoms with E-state index in [9.17, 15) is 15.2 Å². The predicted octanol–water partition coefficient (Wildman–Crippen LogP) is 2.79. The fraction of sp³-hybridized carbons (Fsp3) is 0.286. The molecule has 0 radical (unpaired) electrons. The Bertz CT molecular complexity index is 598. The van der Waals surface area contributed by atoms with Crippen LogP contribution in [0.25, 0.3) is 0 Å². The Morgan fingerprint density at radius 2 is 2.25 bits per heavy atom. The van der Waals surface area contributed by atoms with E-state index in [-0.39, 0.29) is 5.00 Å². The minimum Gasteiger partial charge on any atom is -0.387 e. The van der Waals surface area contributed by atoms with Crippen molar-refractivity contribution in [2.45, 2.75) is 19.6 Å². The van der Waals surface area contributed by atoms with Crippen molar-refractivity contribution in [1.29, 1.82) is 0 Å². The first kappa shape index (κ1) is 14.6. The van der Waals surface area contributed by atoms with Crippen LogP contribution < -0.4 is 5.32 Å². The summed E-state index contributed by atoms with van der Waals surface area (Å²) in [5.74, 6) is 0. The van der Waals surface area contributed by atoms with Gasteiger partial charge in [0.1, 0.15) is 0 Å². The fourth-order valence-corrected chi connectivity index (χ4v) is 2.63. The average molecular weight is 292 g/mol. The Morgan fingerprint density at radius 3 is 2.90 bits per heavy atom. The standard InChI is InChI=1S/C14H16N2O3S/c1-10-3-2-4-12(5-10)13(17)8-15-7-11-6-14(16(18)19)20-9-11/h2-6,9,13,15,17H,7-8H2,1H3. The van der Waals surface area contributed by atoms with Crippen molar-refractivity contribution >= 4 is 16.3 Å². The molecular formula is C14H16N2O3S. The van der Waals surface area contributed by atoms with Gasteiger partial charge in [0.15, 0.2) is 0 Å². The molecule has 106 valence electrons. The first-order chi connectivity index (χ1) is 9.56. The summed E-state index contributed by atoms with van der Waals surface area (Å²) in [6.07, 6.45) is -0.580. The summed E-state index contributed by atoms with van der Waals surface area (Å²) in [6, 6.07) is 9.28. The maximum Gasteiger partial charge on any atom is 0.324 e. The highest BCUT2D eigenvalue weighted by Gasteiger charge is 2.10. The van der Waals surface area contributed by atoms with E-state index in [1.54, 1.807) is 11.4 Å². The van der Waals surface area contributed by atoms with Crippen LogP contribution >= 0.6 is 11.3 Å². The number of aryl methyl sites for hydroxylation is 1. The molecule has 2 aromatic rings. The normalized spacial score (nSPS) is 12.3. The molecular weight excluding hydrogens is 276 g/mol. The third kappa shape index (κ3) is 3.86. The van der Waals surface area contributed by atoms with Gasteiger partial charge in [0.05, 0.1) is 11.0 Å². The van der Waals surface area contributed by atoms with E-state index >= 15 is 0 Å². The number of nitrogens with one attached hydrogen (secondary N) is 1. The van der Waals surface area contributed by atoms with Crippen LogP contribution in [0.5, 0.6) is 0 Å². The number of thiophene rings is 1. The molecule has 0 aliphatic rings. The number of hydrogen-bond acceptors (Lipinski definition) is 5. The summed E-state index contributed by atoms with van der Waals surface area (Å²) in [4.78, 5) is 10.2. The van der Waals surface area contributed by atoms with Crippen molar-refractivity contribution in [3.8, 4) is 0 Å². The lowest BCUT2D eigenvalue weighted by atomic mass is 10.1. The Balaban J connectivity index is 1.84. The van der Waals surface area contributed by atoms with Crippen LogP contribution in [0.3, 0.4) is 0 Å². The molecule has 1 atom stereocenters. The molecule has 0 amide bonds. The quantitative estimate of drug-likeness (QED) is 0.634. The number of aliphatic hydroxyl groups excluding tert-OH is 1. The highest BCUT2D eigenvalue weighted by molar-refractivity contribution is 7.13. The van der Waals surface area contributed by atoms with Gasteiger partial charge in [-0.15, -0.1) is 0 Å². The first-order valence-corrected chi connectivity index (χ1v) is 7.11. The van der Waals surface area contributed by atoms with Gasteiger partial charge in [-0.25, -0.2) is 0 Å². The van der Waals surface area contributed by atoms with Crippen molar-refractivity contribution in [2.75, 3.05) is 6.54 Å². The Labute approximate surface area is 121 Å². The largest absolute Gasteiger partial charge is 0.387 e. The summed E-state index contributed by atoms with van der Waals surface area (Å²) in [6.45, 7) is 2.90. The monoisotopic (exact) mass is 292 g/mol. The van der Waals surface area contributed by atoms with Gasteiger partial charge in [-0.3, -0.25) is 10.1 Å². The zero-order chi connectivity index (χ0) is 14.5. The number of rotatable bonds is 6. The molecule has 20 heavy (non-hydrogen) atoms. The molecule has 2 N–H and O–H groups in total. The minimum absolute atomic E-state index is 0.140. The number of nitro groups is 1. The van der Waals surface area contributed by atoms with E-state index in [1.165, 1.54) is 0 Å². The van der Waals surface area contributed by atoms with Crippen molar-refractivity contribution in [2.24, 2.45) is 0 Å². The van der Waals surface area contributed by atoms with Crippen LogP contribution in [0.4, 0.5) is 5.00 Å². The van der Waals surface area contributed by atoms with Crippen molar-refractivity contribution < 1.29 is 10.0 Å². The van der Waals surface area contributed by atoms with Crippen LogP contribution in [0, 0.1) is 17.0 Å². The number of benzene rings is 1. The lowest BCUT2D eigenvalue weighted by molar-refractivity contribution is -0.380. The molecule has 6 heteroatoms. The lowest BCUT2D eigenvalue weighted by Crippen LogP contribution is -2.20. The third-order valence-electron chi connectivity index (χ3n) is 2.91. The molecule has 0 saturated carbocycles. The lowest BCUT2D eigenvalue weighted by Gasteiger charge is -2.12. The maximum absolute atomic E-state index is 10.6. The second-order valence-corrected chi connectivity index (χ2v) is 5.50. The zero-order valence-electron chi connectivity index (χ0n) is 11.1. The third-order valence-corrected chi connectivity index (χ3v) is 3.84. The highest BCUT2D eigenvalue weighted by atomic mass is 32.1. The van der Waals surface area contributed by atoms with Crippen LogP contribution in [-0.4, -0.2) is 16.6 Å². The first-order valence-electron chi connectivity index (χ1n) is 6.23. The van der Waals surface area contributed by atoms with Gasteiger partial charge in [0.25, 0.3) is 0 Å². The number of aliphatic hydroxyl groups is 1. The fourth-order valence-electron chi connectivity index (χ4n) is 1.90. The zero-order valence-corrected chi connectivity index (χ0v) is 11.9. The molecule has 1 unspecified atom stereocenters. The van der Waals surface area contributed by atoms with Crippen LogP contribution in [0.1, 0.15) is 22.8 Å². The van der Waals surface area contributed by atoms with Crippen LogP contribution in [-0.2, 0) is 6.54 Å². The van der Waals surface area contributed by atoms with E-state index in [2.05, 4.69) is 5.32 Å². The number of nitrogens with zero attached hydrogens (tertiary/aromatic N) is 1. The molecule has 0 saturated heterocycles. The van der Waals surface area contributed by atoms with E-state index in [0.29, 0.717) is 13.1 Å². The second kappa shape index (κ2) is 6.60. The van der Waals surface area contributed by atoms with Gasteiger partial charge in [0.2, 0.25) is 0 Å². The van der Waals surface area contributed by atoms with Gasteiger partial charge in [-0.05, 0) is 18.1 Å². The summed E-state index contributed by atoms with van der Waals surface area (Å²) in [7, 11) is 0. The number of hydrogen-bond donors (Lipinski definition) is 2. The Hall–Kier alpha value is -1.76. The second-order valence-electron chi connectivity index (χ2n) is 4.61. The smallest absolute Gasteiger partial charge is 0.324 e. The van der Waals surface area contributed by atoms with E-state index in [4.69, 9.17) is 0 Å². The average Bonchev–Trinajstić information content (AvgIpc) is 2.87. The van der Waals surface area contributed by atoms with Crippen molar-refractivity contribution in [1.82, 2.24) is 5.32 Å². The maximum atomic E-state index is 10.6. The van der Waals surface area contributed by atoms with Crippen LogP contribution in [0.15, 0.2) is 35.7 Å². The van der Waals surface area contributed by atoms with Gasteiger partial charge >= 0.3 is 5.00 Å². The van der Waals surface area contributed by atoms with Gasteiger partial charge in [0, 0.05) is 24.5 Å².